The molecule has 214 valence electrons. The molecule has 1 aromatic carbocycles. The van der Waals surface area contributed by atoms with Crippen LogP contribution in [0.2, 0.25) is 0 Å². The molecule has 1 aliphatic rings. The number of carboxylic acids is 2. The average Bonchev–Trinajstić information content (AvgIpc) is 3.30. The molecule has 1 saturated heterocycles. The van der Waals surface area contributed by atoms with Crippen molar-refractivity contribution in [2.24, 2.45) is 0 Å². The zero-order valence-electron chi connectivity index (χ0n) is 20.5. The molecule has 0 bridgehead atoms. The first-order valence-corrected chi connectivity index (χ1v) is 12.0. The van der Waals surface area contributed by atoms with Crippen LogP contribution in [0, 0.1) is 12.7 Å². The molecule has 0 unspecified atom stereocenters. The molecule has 39 heavy (non-hydrogen) atoms. The third-order valence-electron chi connectivity index (χ3n) is 5.42. The van der Waals surface area contributed by atoms with E-state index in [0.717, 1.165) is 59.9 Å². The monoisotopic (exact) mass is 584 g/mol. The SMILES string of the molecule is CCN1CCN(c2ncnc3scc(-c4ccc(F)c(C)c4)c23)CC1.O=C(O)C(F)(F)F.O=C(O)C(F)(F)F. The van der Waals surface area contributed by atoms with Gasteiger partial charge in [0.1, 0.15) is 22.8 Å². The van der Waals surface area contributed by atoms with Crippen LogP contribution in [0.5, 0.6) is 0 Å². The second-order valence-electron chi connectivity index (χ2n) is 8.02. The predicted molar refractivity (Wildman–Crippen MR) is 129 cm³/mol. The Morgan fingerprint density at radius 3 is 1.97 bits per heavy atom. The van der Waals surface area contributed by atoms with Crippen molar-refractivity contribution in [1.82, 2.24) is 14.9 Å². The first-order valence-electron chi connectivity index (χ1n) is 11.1. The standard InChI is InChI=1S/C19H21FN4S.2C2HF3O2/c1-3-23-6-8-24(9-7-23)18-17-15(11-25-19(17)22-12-21-18)14-4-5-16(20)13(2)10-14;2*3-2(4,5)1(6)7/h4-5,10-12H,3,6-9H2,1-2H3;2*(H,6,7). The summed E-state index contributed by atoms with van der Waals surface area (Å²) in [6, 6.07) is 5.29. The van der Waals surface area contributed by atoms with E-state index in [9.17, 15) is 30.7 Å². The molecule has 16 heteroatoms. The number of aromatic nitrogens is 2. The number of halogens is 7. The number of likely N-dealkylation sites (N-methyl/N-ethyl adjacent to an activating group) is 1. The topological polar surface area (TPSA) is 107 Å². The van der Waals surface area contributed by atoms with Gasteiger partial charge in [0.05, 0.1) is 5.39 Å². The van der Waals surface area contributed by atoms with Gasteiger partial charge in [0.2, 0.25) is 0 Å². The quantitative estimate of drug-likeness (QED) is 0.404. The Kier molecular flexibility index (Phi) is 10.6. The lowest BCUT2D eigenvalue weighted by molar-refractivity contribution is -0.193. The van der Waals surface area contributed by atoms with Gasteiger partial charge in [-0.25, -0.2) is 23.9 Å². The lowest BCUT2D eigenvalue weighted by Crippen LogP contribution is -2.46. The van der Waals surface area contributed by atoms with E-state index in [0.29, 0.717) is 5.56 Å². The van der Waals surface area contributed by atoms with E-state index in [-0.39, 0.29) is 5.82 Å². The molecule has 3 heterocycles. The molecule has 3 aromatic rings. The number of benzene rings is 1. The van der Waals surface area contributed by atoms with E-state index in [2.05, 4.69) is 32.1 Å². The minimum absolute atomic E-state index is 0.171. The highest BCUT2D eigenvalue weighted by Gasteiger charge is 2.38. The van der Waals surface area contributed by atoms with Crippen molar-refractivity contribution >= 4 is 39.3 Å². The maximum atomic E-state index is 13.7. The molecular formula is C23H23F7N4O4S. The van der Waals surface area contributed by atoms with Crippen LogP contribution in [0.15, 0.2) is 29.9 Å². The number of carboxylic acid groups (broad SMARTS) is 2. The number of alkyl halides is 6. The summed E-state index contributed by atoms with van der Waals surface area (Å²) in [5.74, 6) is -4.69. The Bertz CT molecular complexity index is 1270. The van der Waals surface area contributed by atoms with Gasteiger partial charge in [0.15, 0.2) is 0 Å². The van der Waals surface area contributed by atoms with Gasteiger partial charge >= 0.3 is 24.3 Å². The minimum atomic E-state index is -5.08. The molecule has 2 N–H and O–H groups in total. The van der Waals surface area contributed by atoms with Crippen LogP contribution in [-0.4, -0.2) is 82.1 Å². The van der Waals surface area contributed by atoms with Gasteiger partial charge in [-0.1, -0.05) is 13.0 Å². The second-order valence-corrected chi connectivity index (χ2v) is 8.88. The molecule has 4 rings (SSSR count). The average molecular weight is 585 g/mol. The molecule has 1 fully saturated rings. The third kappa shape index (κ3) is 8.74. The Balaban J connectivity index is 0.000000317. The van der Waals surface area contributed by atoms with E-state index >= 15 is 0 Å². The smallest absolute Gasteiger partial charge is 0.475 e. The predicted octanol–water partition coefficient (Wildman–Crippen LogP) is 5.21. The second kappa shape index (κ2) is 13.0. The van der Waals surface area contributed by atoms with Crippen LogP contribution in [-0.2, 0) is 9.59 Å². The number of fused-ring (bicyclic) bond motifs is 1. The molecule has 8 nitrogen and oxygen atoms in total. The first-order chi connectivity index (χ1) is 18.1. The van der Waals surface area contributed by atoms with E-state index < -0.39 is 24.3 Å². The van der Waals surface area contributed by atoms with Gasteiger partial charge in [-0.15, -0.1) is 11.3 Å². The van der Waals surface area contributed by atoms with Crippen LogP contribution < -0.4 is 4.90 Å². The lowest BCUT2D eigenvalue weighted by atomic mass is 10.0. The fourth-order valence-electron chi connectivity index (χ4n) is 3.40. The van der Waals surface area contributed by atoms with Crippen LogP contribution in [0.1, 0.15) is 12.5 Å². The zero-order valence-corrected chi connectivity index (χ0v) is 21.3. The van der Waals surface area contributed by atoms with E-state index in [4.69, 9.17) is 19.8 Å². The molecule has 0 aliphatic carbocycles. The number of carbonyl (C=O) groups is 2. The highest BCUT2D eigenvalue weighted by molar-refractivity contribution is 7.17. The summed E-state index contributed by atoms with van der Waals surface area (Å²) < 4.78 is 77.1. The molecule has 0 amide bonds. The van der Waals surface area contributed by atoms with Gasteiger partial charge in [-0.05, 0) is 36.7 Å². The number of piperazine rings is 1. The van der Waals surface area contributed by atoms with Crippen LogP contribution >= 0.6 is 11.3 Å². The number of nitrogens with zero attached hydrogens (tertiary/aromatic N) is 4. The number of hydrogen-bond donors (Lipinski definition) is 2. The van der Waals surface area contributed by atoms with Crippen LogP contribution in [0.4, 0.5) is 36.6 Å². The van der Waals surface area contributed by atoms with Crippen molar-refractivity contribution in [2.75, 3.05) is 37.6 Å². The fraction of sp³-hybridized carbons (Fsp3) is 0.391. The Morgan fingerprint density at radius 2 is 1.51 bits per heavy atom. The number of hydrogen-bond acceptors (Lipinski definition) is 7. The lowest BCUT2D eigenvalue weighted by Gasteiger charge is -2.35. The Morgan fingerprint density at radius 1 is 0.974 bits per heavy atom. The van der Waals surface area contributed by atoms with Crippen LogP contribution in [0.25, 0.3) is 21.3 Å². The molecule has 2 aromatic heterocycles. The number of anilines is 1. The molecular weight excluding hydrogens is 561 g/mol. The molecule has 0 saturated carbocycles. The number of thiophene rings is 1. The summed E-state index contributed by atoms with van der Waals surface area (Å²) in [4.78, 5) is 32.6. The van der Waals surface area contributed by atoms with Gasteiger partial charge < -0.3 is 20.0 Å². The van der Waals surface area contributed by atoms with Gasteiger partial charge in [-0.3, -0.25) is 0 Å². The van der Waals surface area contributed by atoms with Gasteiger partial charge in [0.25, 0.3) is 0 Å². The zero-order chi connectivity index (χ0) is 29.5. The van der Waals surface area contributed by atoms with E-state index in [1.54, 1.807) is 24.6 Å². The van der Waals surface area contributed by atoms with E-state index in [1.165, 1.54) is 6.07 Å². The largest absolute Gasteiger partial charge is 0.490 e. The van der Waals surface area contributed by atoms with Crippen molar-refractivity contribution in [2.45, 2.75) is 26.2 Å². The number of rotatable bonds is 3. The molecule has 0 atom stereocenters. The van der Waals surface area contributed by atoms with E-state index in [1.807, 2.05) is 12.1 Å². The summed E-state index contributed by atoms with van der Waals surface area (Å²) in [7, 11) is 0. The maximum Gasteiger partial charge on any atom is 0.490 e. The van der Waals surface area contributed by atoms with Crippen molar-refractivity contribution in [1.29, 1.82) is 0 Å². The van der Waals surface area contributed by atoms with Crippen LogP contribution in [0.3, 0.4) is 0 Å². The summed E-state index contributed by atoms with van der Waals surface area (Å²) in [5.41, 5.74) is 2.77. The van der Waals surface area contributed by atoms with Crippen molar-refractivity contribution in [3.63, 3.8) is 0 Å². The maximum absolute atomic E-state index is 13.7. The number of aliphatic carboxylic acids is 2. The van der Waals surface area contributed by atoms with Crippen molar-refractivity contribution in [3.05, 3.63) is 41.3 Å². The third-order valence-corrected chi connectivity index (χ3v) is 6.31. The fourth-order valence-corrected chi connectivity index (χ4v) is 4.31. The van der Waals surface area contributed by atoms with Crippen molar-refractivity contribution in [3.8, 4) is 11.1 Å². The van der Waals surface area contributed by atoms with Gasteiger partial charge in [-0.2, -0.15) is 26.3 Å². The molecule has 0 spiro atoms. The van der Waals surface area contributed by atoms with Crippen molar-refractivity contribution < 1.29 is 50.5 Å². The molecule has 0 radical (unpaired) electrons. The summed E-state index contributed by atoms with van der Waals surface area (Å²) in [6.07, 6.45) is -8.51. The normalized spacial score (nSPS) is 14.2. The first kappa shape index (κ1) is 31.7. The van der Waals surface area contributed by atoms with Gasteiger partial charge in [0, 0.05) is 37.1 Å². The molecule has 1 aliphatic heterocycles. The Hall–Kier alpha value is -3.53. The summed E-state index contributed by atoms with van der Waals surface area (Å²) in [5, 5.41) is 17.4. The summed E-state index contributed by atoms with van der Waals surface area (Å²) >= 11 is 1.62. The highest BCUT2D eigenvalue weighted by atomic mass is 32.1. The number of aryl methyl sites for hydroxylation is 1. The Labute approximate surface area is 221 Å². The summed E-state index contributed by atoms with van der Waals surface area (Å²) in [6.45, 7) is 9.14. The highest BCUT2D eigenvalue weighted by Crippen LogP contribution is 2.38. The minimum Gasteiger partial charge on any atom is -0.475 e.